The molecule has 0 saturated carbocycles. The van der Waals surface area contributed by atoms with Gasteiger partial charge in [-0.05, 0) is 38.1 Å². The van der Waals surface area contributed by atoms with Crippen molar-refractivity contribution in [2.75, 3.05) is 7.05 Å². The third kappa shape index (κ3) is 3.08. The first kappa shape index (κ1) is 15.5. The van der Waals surface area contributed by atoms with E-state index in [4.69, 9.17) is 0 Å². The molecule has 0 fully saturated rings. The van der Waals surface area contributed by atoms with Gasteiger partial charge in [-0.15, -0.1) is 0 Å². The van der Waals surface area contributed by atoms with Crippen molar-refractivity contribution in [2.24, 2.45) is 0 Å². The van der Waals surface area contributed by atoms with Crippen molar-refractivity contribution in [1.82, 2.24) is 5.32 Å². The van der Waals surface area contributed by atoms with Crippen LogP contribution >= 0.6 is 0 Å². The summed E-state index contributed by atoms with van der Waals surface area (Å²) < 4.78 is 55.0. The summed E-state index contributed by atoms with van der Waals surface area (Å²) in [4.78, 5) is 0. The maximum atomic E-state index is 14.0. The van der Waals surface area contributed by atoms with Crippen LogP contribution in [-0.2, 0) is 6.42 Å². The van der Waals surface area contributed by atoms with E-state index in [1.54, 1.807) is 0 Å². The van der Waals surface area contributed by atoms with E-state index in [9.17, 15) is 17.6 Å². The number of aryl methyl sites for hydroxylation is 1. The highest BCUT2D eigenvalue weighted by molar-refractivity contribution is 5.30. The minimum atomic E-state index is -0.994. The number of halogens is 4. The SMILES string of the molecule is CNC(Cc1c(F)cccc1F)c1ccc(C)c(F)c1F. The Labute approximate surface area is 120 Å². The van der Waals surface area contributed by atoms with Gasteiger partial charge in [0.05, 0.1) is 0 Å². The van der Waals surface area contributed by atoms with Crippen LogP contribution in [-0.4, -0.2) is 7.05 Å². The molecule has 1 nitrogen and oxygen atoms in total. The highest BCUT2D eigenvalue weighted by Gasteiger charge is 2.21. The Kier molecular flexibility index (Phi) is 4.63. The van der Waals surface area contributed by atoms with Gasteiger partial charge in [0.1, 0.15) is 11.6 Å². The van der Waals surface area contributed by atoms with Gasteiger partial charge in [-0.25, -0.2) is 17.6 Å². The molecule has 1 atom stereocenters. The van der Waals surface area contributed by atoms with Gasteiger partial charge < -0.3 is 5.32 Å². The number of hydrogen-bond donors (Lipinski definition) is 1. The van der Waals surface area contributed by atoms with E-state index in [-0.39, 0.29) is 23.1 Å². The largest absolute Gasteiger partial charge is 0.313 e. The van der Waals surface area contributed by atoms with Crippen molar-refractivity contribution < 1.29 is 17.6 Å². The summed E-state index contributed by atoms with van der Waals surface area (Å²) in [5.41, 5.74) is 0.0728. The molecule has 1 N–H and O–H groups in total. The number of benzene rings is 2. The number of hydrogen-bond acceptors (Lipinski definition) is 1. The quantitative estimate of drug-likeness (QED) is 0.839. The van der Waals surface area contributed by atoms with E-state index in [2.05, 4.69) is 5.32 Å². The third-order valence-corrected chi connectivity index (χ3v) is 3.50. The molecule has 2 rings (SSSR count). The summed E-state index contributed by atoms with van der Waals surface area (Å²) in [6.07, 6.45) is -0.117. The average Bonchev–Trinajstić information content (AvgIpc) is 2.46. The van der Waals surface area contributed by atoms with Gasteiger partial charge in [0.15, 0.2) is 11.6 Å². The minimum Gasteiger partial charge on any atom is -0.313 e. The lowest BCUT2D eigenvalue weighted by Gasteiger charge is -2.19. The number of rotatable bonds is 4. The molecule has 2 aromatic rings. The van der Waals surface area contributed by atoms with Crippen molar-refractivity contribution in [3.05, 3.63) is 70.3 Å². The Balaban J connectivity index is 2.40. The molecule has 1 unspecified atom stereocenters. The lowest BCUT2D eigenvalue weighted by Crippen LogP contribution is -2.22. The van der Waals surface area contributed by atoms with E-state index < -0.39 is 29.3 Å². The third-order valence-electron chi connectivity index (χ3n) is 3.50. The van der Waals surface area contributed by atoms with Gasteiger partial charge in [0, 0.05) is 17.2 Å². The zero-order valence-corrected chi connectivity index (χ0v) is 11.7. The zero-order chi connectivity index (χ0) is 15.6. The van der Waals surface area contributed by atoms with Crippen LogP contribution < -0.4 is 5.32 Å². The first-order chi connectivity index (χ1) is 9.95. The molecule has 0 aliphatic rings. The summed E-state index contributed by atoms with van der Waals surface area (Å²) in [5.74, 6) is -3.35. The Hall–Kier alpha value is -1.88. The second-order valence-corrected chi connectivity index (χ2v) is 4.85. The topological polar surface area (TPSA) is 12.0 Å². The molecule has 0 bridgehead atoms. The molecule has 5 heteroatoms. The summed E-state index contributed by atoms with van der Waals surface area (Å²) in [5, 5.41) is 2.77. The molecule has 112 valence electrons. The van der Waals surface area contributed by atoms with E-state index in [0.717, 1.165) is 12.1 Å². The van der Waals surface area contributed by atoms with Crippen LogP contribution in [0, 0.1) is 30.2 Å². The summed E-state index contributed by atoms with van der Waals surface area (Å²) in [6, 6.07) is 5.67. The van der Waals surface area contributed by atoms with E-state index in [1.165, 1.54) is 32.2 Å². The van der Waals surface area contributed by atoms with Crippen LogP contribution in [0.4, 0.5) is 17.6 Å². The normalized spacial score (nSPS) is 12.5. The predicted octanol–water partition coefficient (Wildman–Crippen LogP) is 4.05. The van der Waals surface area contributed by atoms with Gasteiger partial charge in [0.2, 0.25) is 0 Å². The van der Waals surface area contributed by atoms with Crippen molar-refractivity contribution in [1.29, 1.82) is 0 Å². The Morgan fingerprint density at radius 1 is 0.952 bits per heavy atom. The highest BCUT2D eigenvalue weighted by atomic mass is 19.2. The molecule has 0 aromatic heterocycles. The predicted molar refractivity (Wildman–Crippen MR) is 73.0 cm³/mol. The van der Waals surface area contributed by atoms with Crippen molar-refractivity contribution >= 4 is 0 Å². The highest BCUT2D eigenvalue weighted by Crippen LogP contribution is 2.26. The Morgan fingerprint density at radius 3 is 2.14 bits per heavy atom. The summed E-state index contributed by atoms with van der Waals surface area (Å²) in [6.45, 7) is 1.45. The van der Waals surface area contributed by atoms with Gasteiger partial charge in [0.25, 0.3) is 0 Å². The molecule has 0 spiro atoms. The fourth-order valence-corrected chi connectivity index (χ4v) is 2.23. The maximum absolute atomic E-state index is 14.0. The van der Waals surface area contributed by atoms with E-state index in [0.29, 0.717) is 0 Å². The second kappa shape index (κ2) is 6.26. The second-order valence-electron chi connectivity index (χ2n) is 4.85. The molecule has 0 amide bonds. The molecule has 0 aliphatic carbocycles. The molecular formula is C16H15F4N. The van der Waals surface area contributed by atoms with Crippen LogP contribution in [0.1, 0.15) is 22.7 Å². The number of nitrogens with one attached hydrogen (secondary N) is 1. The molecule has 0 heterocycles. The fourth-order valence-electron chi connectivity index (χ4n) is 2.23. The van der Waals surface area contributed by atoms with Crippen molar-refractivity contribution in [2.45, 2.75) is 19.4 Å². The molecule has 0 saturated heterocycles. The monoisotopic (exact) mass is 297 g/mol. The van der Waals surface area contributed by atoms with Crippen LogP contribution in [0.25, 0.3) is 0 Å². The van der Waals surface area contributed by atoms with Crippen molar-refractivity contribution in [3.63, 3.8) is 0 Å². The van der Waals surface area contributed by atoms with E-state index >= 15 is 0 Å². The van der Waals surface area contributed by atoms with Crippen LogP contribution in [0.5, 0.6) is 0 Å². The van der Waals surface area contributed by atoms with Crippen LogP contribution in [0.15, 0.2) is 30.3 Å². The summed E-state index contributed by atoms with van der Waals surface area (Å²) in [7, 11) is 1.53. The Morgan fingerprint density at radius 2 is 1.57 bits per heavy atom. The minimum absolute atomic E-state index is 0.0447. The first-order valence-corrected chi connectivity index (χ1v) is 6.50. The maximum Gasteiger partial charge on any atom is 0.163 e. The molecule has 0 aliphatic heterocycles. The van der Waals surface area contributed by atoms with Gasteiger partial charge in [-0.2, -0.15) is 0 Å². The molecule has 2 aromatic carbocycles. The van der Waals surface area contributed by atoms with E-state index in [1.807, 2.05) is 0 Å². The molecule has 0 radical (unpaired) electrons. The fraction of sp³-hybridized carbons (Fsp3) is 0.250. The van der Waals surface area contributed by atoms with Gasteiger partial charge >= 0.3 is 0 Å². The Bertz CT molecular complexity index is 635. The van der Waals surface area contributed by atoms with Crippen LogP contribution in [0.3, 0.4) is 0 Å². The van der Waals surface area contributed by atoms with Gasteiger partial charge in [-0.1, -0.05) is 18.2 Å². The summed E-state index contributed by atoms with van der Waals surface area (Å²) >= 11 is 0. The first-order valence-electron chi connectivity index (χ1n) is 6.50. The van der Waals surface area contributed by atoms with Crippen LogP contribution in [0.2, 0.25) is 0 Å². The van der Waals surface area contributed by atoms with Gasteiger partial charge in [-0.3, -0.25) is 0 Å². The van der Waals surface area contributed by atoms with Crippen molar-refractivity contribution in [3.8, 4) is 0 Å². The average molecular weight is 297 g/mol. The molecular weight excluding hydrogens is 282 g/mol. The number of likely N-dealkylation sites (N-methyl/N-ethyl adjacent to an activating group) is 1. The smallest absolute Gasteiger partial charge is 0.163 e. The zero-order valence-electron chi connectivity index (χ0n) is 11.7. The standard InChI is InChI=1S/C16H15F4N/c1-9-6-7-10(16(20)15(9)19)14(21-2)8-11-12(17)4-3-5-13(11)18/h3-7,14,21H,8H2,1-2H3. The lowest BCUT2D eigenvalue weighted by molar-refractivity contribution is 0.460. The lowest BCUT2D eigenvalue weighted by atomic mass is 9.96. The molecule has 21 heavy (non-hydrogen) atoms.